The predicted octanol–water partition coefficient (Wildman–Crippen LogP) is 3.40. The number of rotatable bonds is 5. The van der Waals surface area contributed by atoms with Gasteiger partial charge in [-0.05, 0) is 11.6 Å². The molecule has 0 aliphatic carbocycles. The van der Waals surface area contributed by atoms with E-state index >= 15 is 0 Å². The van der Waals surface area contributed by atoms with Gasteiger partial charge in [-0.25, -0.2) is 14.8 Å². The number of nitrogens with zero attached hydrogens (tertiary/aromatic N) is 5. The lowest BCUT2D eigenvalue weighted by atomic mass is 10.1. The van der Waals surface area contributed by atoms with Gasteiger partial charge in [0, 0.05) is 32.7 Å². The molecule has 32 heavy (non-hydrogen) atoms. The molecule has 9 nitrogen and oxygen atoms in total. The molecule has 0 bridgehead atoms. The molecular formula is C19H19F3N6O3S. The molecule has 1 N–H and O–H groups in total. The number of anilines is 1. The van der Waals surface area contributed by atoms with Gasteiger partial charge in [-0.3, -0.25) is 10.2 Å². The van der Waals surface area contributed by atoms with Gasteiger partial charge in [0.05, 0.1) is 12.7 Å². The first-order valence-electron chi connectivity index (χ1n) is 9.60. The van der Waals surface area contributed by atoms with Crippen LogP contribution in [-0.4, -0.2) is 64.3 Å². The van der Waals surface area contributed by atoms with Crippen LogP contribution in [0.3, 0.4) is 0 Å². The topological polar surface area (TPSA) is 92.7 Å². The van der Waals surface area contributed by atoms with Crippen LogP contribution >= 0.6 is 11.3 Å². The zero-order chi connectivity index (χ0) is 22.7. The van der Waals surface area contributed by atoms with Crippen molar-refractivity contribution in [3.05, 3.63) is 41.7 Å². The highest BCUT2D eigenvalue weighted by Gasteiger charge is 2.30. The summed E-state index contributed by atoms with van der Waals surface area (Å²) in [5.41, 5.74) is 0.367. The van der Waals surface area contributed by atoms with E-state index in [9.17, 15) is 18.0 Å². The zero-order valence-corrected chi connectivity index (χ0v) is 17.7. The average molecular weight is 468 g/mol. The van der Waals surface area contributed by atoms with Gasteiger partial charge in [-0.1, -0.05) is 29.5 Å². The minimum Gasteiger partial charge on any atom is -0.479 e. The van der Waals surface area contributed by atoms with Crippen LogP contribution in [0.2, 0.25) is 0 Å². The fourth-order valence-corrected chi connectivity index (χ4v) is 4.03. The van der Waals surface area contributed by atoms with Crippen LogP contribution in [0.4, 0.5) is 23.1 Å². The number of fused-ring (bicyclic) bond motifs is 1. The van der Waals surface area contributed by atoms with E-state index in [-0.39, 0.29) is 0 Å². The summed E-state index contributed by atoms with van der Waals surface area (Å²) < 4.78 is 43.8. The van der Waals surface area contributed by atoms with Crippen molar-refractivity contribution >= 4 is 32.9 Å². The van der Waals surface area contributed by atoms with Crippen molar-refractivity contribution in [2.24, 2.45) is 0 Å². The fraction of sp³-hybridized carbons (Fsp3) is 0.368. The van der Waals surface area contributed by atoms with Gasteiger partial charge in [0.1, 0.15) is 6.33 Å². The molecule has 1 aliphatic heterocycles. The summed E-state index contributed by atoms with van der Waals surface area (Å²) in [4.78, 5) is 32.4. The summed E-state index contributed by atoms with van der Waals surface area (Å²) in [6.45, 7) is 2.31. The van der Waals surface area contributed by atoms with Gasteiger partial charge < -0.3 is 9.57 Å². The van der Waals surface area contributed by atoms with Crippen molar-refractivity contribution < 1.29 is 27.5 Å². The minimum absolute atomic E-state index is 0.298. The van der Waals surface area contributed by atoms with Crippen LogP contribution in [0, 0.1) is 0 Å². The molecule has 3 aromatic rings. The number of alkyl halides is 3. The molecular weight excluding hydrogens is 449 g/mol. The van der Waals surface area contributed by atoms with Gasteiger partial charge in [0.15, 0.2) is 15.5 Å². The van der Waals surface area contributed by atoms with E-state index in [0.717, 1.165) is 23.5 Å². The second-order valence-corrected chi connectivity index (χ2v) is 7.94. The normalized spacial score (nSPS) is 15.6. The van der Waals surface area contributed by atoms with Gasteiger partial charge in [-0.2, -0.15) is 18.2 Å². The highest BCUT2D eigenvalue weighted by atomic mass is 32.1. The molecule has 3 heterocycles. The number of amides is 1. The maximum Gasteiger partial charge on any atom is 0.432 e. The van der Waals surface area contributed by atoms with E-state index in [1.165, 1.54) is 24.6 Å². The number of hydroxylamine groups is 2. The third-order valence-electron chi connectivity index (χ3n) is 4.77. The standard InChI is InChI=1S/C19H19F3N6O3S/c1-30-15-14-16(24-11-23-15)32-17(25-14)26-18(29)31-28-7-5-27(6-8-28)10-12-3-2-4-13(9-12)19(20,21)22/h2-4,9,11H,5-8,10H2,1H3,(H,25,26,29). The largest absolute Gasteiger partial charge is 0.479 e. The van der Waals surface area contributed by atoms with Crippen molar-refractivity contribution in [2.45, 2.75) is 12.7 Å². The Morgan fingerprint density at radius 3 is 2.72 bits per heavy atom. The Labute approximate surface area is 184 Å². The SMILES string of the molecule is COc1ncnc2sc(NC(=O)ON3CCN(Cc4cccc(C(F)(F)F)c4)CC3)nc12. The summed E-state index contributed by atoms with van der Waals surface area (Å²) in [6.07, 6.45) is -3.71. The van der Waals surface area contributed by atoms with Crippen molar-refractivity contribution in [1.82, 2.24) is 24.9 Å². The summed E-state index contributed by atoms with van der Waals surface area (Å²) in [7, 11) is 1.47. The number of benzene rings is 1. The predicted molar refractivity (Wildman–Crippen MR) is 110 cm³/mol. The van der Waals surface area contributed by atoms with E-state index < -0.39 is 17.8 Å². The Kier molecular flexibility index (Phi) is 6.39. The number of carbonyl (C=O) groups is 1. The third-order valence-corrected chi connectivity index (χ3v) is 5.65. The molecule has 0 spiro atoms. The summed E-state index contributed by atoms with van der Waals surface area (Å²) >= 11 is 1.16. The van der Waals surface area contributed by atoms with Crippen LogP contribution in [0.5, 0.6) is 5.88 Å². The van der Waals surface area contributed by atoms with E-state index in [2.05, 4.69) is 20.3 Å². The first kappa shape index (κ1) is 22.2. The Bertz CT molecular complexity index is 1100. The molecule has 170 valence electrons. The first-order chi connectivity index (χ1) is 15.3. The van der Waals surface area contributed by atoms with Crippen LogP contribution in [0.1, 0.15) is 11.1 Å². The molecule has 0 atom stereocenters. The number of thiazole rings is 1. The highest BCUT2D eigenvalue weighted by molar-refractivity contribution is 7.22. The number of aromatic nitrogens is 3. The molecule has 1 saturated heterocycles. The monoisotopic (exact) mass is 468 g/mol. The summed E-state index contributed by atoms with van der Waals surface area (Å²) in [5, 5.41) is 4.37. The molecule has 2 aromatic heterocycles. The van der Waals surface area contributed by atoms with Crippen LogP contribution in [0.15, 0.2) is 30.6 Å². The molecule has 0 unspecified atom stereocenters. The molecule has 0 radical (unpaired) electrons. The zero-order valence-electron chi connectivity index (χ0n) is 16.9. The number of nitrogens with one attached hydrogen (secondary N) is 1. The second-order valence-electron chi connectivity index (χ2n) is 6.96. The minimum atomic E-state index is -4.36. The number of hydrogen-bond acceptors (Lipinski definition) is 9. The van der Waals surface area contributed by atoms with Crippen LogP contribution in [0.25, 0.3) is 10.3 Å². The maximum absolute atomic E-state index is 12.9. The molecule has 0 saturated carbocycles. The number of halogens is 3. The number of hydrogen-bond donors (Lipinski definition) is 1. The first-order valence-corrected chi connectivity index (χ1v) is 10.4. The van der Waals surface area contributed by atoms with E-state index in [1.807, 2.05) is 4.90 Å². The van der Waals surface area contributed by atoms with Gasteiger partial charge in [0.25, 0.3) is 0 Å². The van der Waals surface area contributed by atoms with Crippen molar-refractivity contribution in [1.29, 1.82) is 0 Å². The molecule has 13 heteroatoms. The second kappa shape index (κ2) is 9.22. The molecule has 4 rings (SSSR count). The van der Waals surface area contributed by atoms with E-state index in [0.29, 0.717) is 59.6 Å². The van der Waals surface area contributed by atoms with E-state index in [1.54, 1.807) is 6.07 Å². The number of piperazine rings is 1. The van der Waals surface area contributed by atoms with Gasteiger partial charge in [-0.15, -0.1) is 5.06 Å². The number of carbonyl (C=O) groups excluding carboxylic acids is 1. The average Bonchev–Trinajstić information content (AvgIpc) is 3.17. The molecule has 1 amide bonds. The Balaban J connectivity index is 1.27. The lowest BCUT2D eigenvalue weighted by molar-refractivity contribution is -0.137. The Morgan fingerprint density at radius 2 is 2.00 bits per heavy atom. The third kappa shape index (κ3) is 5.23. The van der Waals surface area contributed by atoms with Crippen LogP contribution < -0.4 is 10.1 Å². The summed E-state index contributed by atoms with van der Waals surface area (Å²) in [5.74, 6) is 0.310. The quantitative estimate of drug-likeness (QED) is 0.609. The smallest absolute Gasteiger partial charge is 0.432 e. The number of ether oxygens (including phenoxy) is 1. The Morgan fingerprint density at radius 1 is 1.22 bits per heavy atom. The van der Waals surface area contributed by atoms with Crippen molar-refractivity contribution in [3.63, 3.8) is 0 Å². The molecule has 1 aromatic carbocycles. The molecule has 1 aliphatic rings. The van der Waals surface area contributed by atoms with Gasteiger partial charge >= 0.3 is 12.3 Å². The number of methoxy groups -OCH3 is 1. The highest BCUT2D eigenvalue weighted by Crippen LogP contribution is 2.30. The maximum atomic E-state index is 12.9. The molecule has 1 fully saturated rings. The van der Waals surface area contributed by atoms with Crippen molar-refractivity contribution in [3.8, 4) is 5.88 Å². The van der Waals surface area contributed by atoms with Crippen molar-refractivity contribution in [2.75, 3.05) is 38.6 Å². The fourth-order valence-electron chi connectivity index (χ4n) is 3.25. The lowest BCUT2D eigenvalue weighted by Gasteiger charge is -2.33. The van der Waals surface area contributed by atoms with Gasteiger partial charge in [0.2, 0.25) is 5.88 Å². The van der Waals surface area contributed by atoms with E-state index in [4.69, 9.17) is 9.57 Å². The Hall–Kier alpha value is -3.03. The summed E-state index contributed by atoms with van der Waals surface area (Å²) in [6, 6.07) is 5.30. The lowest BCUT2D eigenvalue weighted by Crippen LogP contribution is -2.46. The van der Waals surface area contributed by atoms with Crippen LogP contribution in [-0.2, 0) is 17.6 Å².